The molecular weight excluding hydrogens is 148 g/mol. The Morgan fingerprint density at radius 2 is 2.33 bits per heavy atom. The van der Waals surface area contributed by atoms with Gasteiger partial charge in [0.2, 0.25) is 0 Å². The lowest BCUT2D eigenvalue weighted by atomic mass is 10.2. The van der Waals surface area contributed by atoms with Crippen LogP contribution in [0.5, 0.6) is 0 Å². The molecule has 0 saturated carbocycles. The fraction of sp³-hybridized carbons (Fsp3) is 0.750. The third-order valence-corrected chi connectivity index (χ3v) is 0.927. The van der Waals surface area contributed by atoms with Crippen molar-refractivity contribution in [2.24, 2.45) is 5.73 Å². The predicted molar refractivity (Wildman–Crippen MR) is 31.0 cm³/mol. The molecule has 0 heterocycles. The van der Waals surface area contributed by atoms with Crippen molar-refractivity contribution in [2.75, 3.05) is 0 Å². The second kappa shape index (κ2) is 3.63. The van der Waals surface area contributed by atoms with Crippen molar-refractivity contribution in [2.45, 2.75) is 18.1 Å². The van der Waals surface area contributed by atoms with Gasteiger partial charge in [-0.05, 0) is 0 Å². The molecular formula is C4H7ClFNO2. The van der Waals surface area contributed by atoms with Crippen LogP contribution in [0.15, 0.2) is 0 Å². The molecule has 2 atom stereocenters. The molecule has 9 heavy (non-hydrogen) atoms. The van der Waals surface area contributed by atoms with E-state index >= 15 is 0 Å². The van der Waals surface area contributed by atoms with Crippen molar-refractivity contribution in [1.82, 2.24) is 0 Å². The highest BCUT2D eigenvalue weighted by molar-refractivity contribution is 6.19. The molecule has 0 aliphatic heterocycles. The number of aliphatic carboxylic acids is 1. The molecule has 3 N–H and O–H groups in total. The first kappa shape index (κ1) is 8.65. The molecule has 0 rings (SSSR count). The first-order valence-electron chi connectivity index (χ1n) is 2.30. The minimum Gasteiger partial charge on any atom is -0.480 e. The van der Waals surface area contributed by atoms with E-state index < -0.39 is 17.6 Å². The lowest BCUT2D eigenvalue weighted by Crippen LogP contribution is -2.31. The van der Waals surface area contributed by atoms with Gasteiger partial charge >= 0.3 is 5.97 Å². The van der Waals surface area contributed by atoms with E-state index in [1.54, 1.807) is 0 Å². The summed E-state index contributed by atoms with van der Waals surface area (Å²) in [6, 6.07) is -1.20. The van der Waals surface area contributed by atoms with E-state index in [9.17, 15) is 9.18 Å². The van der Waals surface area contributed by atoms with Gasteiger partial charge in [0.05, 0.1) is 0 Å². The van der Waals surface area contributed by atoms with Crippen molar-refractivity contribution < 1.29 is 14.3 Å². The van der Waals surface area contributed by atoms with Crippen LogP contribution >= 0.6 is 11.6 Å². The summed E-state index contributed by atoms with van der Waals surface area (Å²) in [4.78, 5) is 9.88. The molecule has 0 amide bonds. The number of hydrogen-bond donors (Lipinski definition) is 2. The van der Waals surface area contributed by atoms with E-state index in [-0.39, 0.29) is 6.42 Å². The first-order valence-corrected chi connectivity index (χ1v) is 2.74. The number of carboxylic acid groups (broad SMARTS) is 1. The van der Waals surface area contributed by atoms with Crippen molar-refractivity contribution in [3.05, 3.63) is 0 Å². The van der Waals surface area contributed by atoms with Gasteiger partial charge < -0.3 is 10.8 Å². The number of nitrogens with two attached hydrogens (primary N) is 1. The molecule has 0 aromatic rings. The highest BCUT2D eigenvalue weighted by Gasteiger charge is 2.15. The van der Waals surface area contributed by atoms with Crippen LogP contribution in [0.1, 0.15) is 6.42 Å². The maximum atomic E-state index is 11.7. The molecule has 5 heteroatoms. The summed E-state index contributed by atoms with van der Waals surface area (Å²) in [5, 5.41) is 8.08. The minimum atomic E-state index is -1.67. The molecule has 0 aliphatic rings. The van der Waals surface area contributed by atoms with Gasteiger partial charge in [0.25, 0.3) is 0 Å². The van der Waals surface area contributed by atoms with Crippen molar-refractivity contribution >= 4 is 17.6 Å². The largest absolute Gasteiger partial charge is 0.480 e. The Morgan fingerprint density at radius 1 is 1.89 bits per heavy atom. The Bertz CT molecular complexity index is 109. The van der Waals surface area contributed by atoms with Crippen LogP contribution in [-0.2, 0) is 4.79 Å². The zero-order chi connectivity index (χ0) is 7.44. The van der Waals surface area contributed by atoms with Crippen molar-refractivity contribution in [1.29, 1.82) is 0 Å². The summed E-state index contributed by atoms with van der Waals surface area (Å²) in [5.74, 6) is -1.24. The van der Waals surface area contributed by atoms with Crippen molar-refractivity contribution in [3.8, 4) is 0 Å². The summed E-state index contributed by atoms with van der Waals surface area (Å²) < 4.78 is 11.7. The van der Waals surface area contributed by atoms with Crippen molar-refractivity contribution in [3.63, 3.8) is 0 Å². The second-order valence-corrected chi connectivity index (χ2v) is 2.05. The summed E-state index contributed by atoms with van der Waals surface area (Å²) in [6.07, 6.45) is -0.350. The Balaban J connectivity index is 3.50. The average molecular weight is 156 g/mol. The number of alkyl halides is 2. The normalized spacial score (nSPS) is 16.8. The van der Waals surface area contributed by atoms with Gasteiger partial charge in [-0.15, -0.1) is 0 Å². The predicted octanol–water partition coefficient (Wildman–Crippen LogP) is 0.323. The highest BCUT2D eigenvalue weighted by Crippen LogP contribution is 2.04. The van der Waals surface area contributed by atoms with E-state index in [0.717, 1.165) is 0 Å². The van der Waals surface area contributed by atoms with Gasteiger partial charge in [-0.2, -0.15) is 0 Å². The third kappa shape index (κ3) is 4.17. The summed E-state index contributed by atoms with van der Waals surface area (Å²) in [7, 11) is 0. The van der Waals surface area contributed by atoms with E-state index in [1.807, 2.05) is 0 Å². The topological polar surface area (TPSA) is 63.3 Å². The van der Waals surface area contributed by atoms with E-state index in [2.05, 4.69) is 0 Å². The molecule has 0 aromatic carbocycles. The molecule has 54 valence electrons. The standard InChI is InChI=1S/C4H7ClFNO2/c5-3(6)1-2(7)4(8)9/h2-3H,1,7H2,(H,8,9). The van der Waals surface area contributed by atoms with Crippen LogP contribution in [0.4, 0.5) is 4.39 Å². The number of hydrogen-bond acceptors (Lipinski definition) is 2. The number of carboxylic acids is 1. The third-order valence-electron chi connectivity index (χ3n) is 0.749. The SMILES string of the molecule is NC(CC(F)Cl)C(=O)O. The second-order valence-electron chi connectivity index (χ2n) is 1.57. The lowest BCUT2D eigenvalue weighted by Gasteiger charge is -2.03. The van der Waals surface area contributed by atoms with Gasteiger partial charge in [0.1, 0.15) is 6.04 Å². The summed E-state index contributed by atoms with van der Waals surface area (Å²) >= 11 is 4.81. The minimum absolute atomic E-state index is 0.350. The zero-order valence-electron chi connectivity index (χ0n) is 4.55. The first-order chi connectivity index (χ1) is 4.04. The Labute approximate surface area is 56.6 Å². The Kier molecular flexibility index (Phi) is 3.49. The number of carbonyl (C=O) groups is 1. The van der Waals surface area contributed by atoms with Gasteiger partial charge in [-0.25, -0.2) is 4.39 Å². The Hall–Kier alpha value is -0.350. The molecule has 0 radical (unpaired) electrons. The molecule has 0 spiro atoms. The molecule has 0 saturated heterocycles. The fourth-order valence-corrected chi connectivity index (χ4v) is 0.485. The summed E-state index contributed by atoms with van der Waals surface area (Å²) in [5.41, 5.74) is 3.22. The van der Waals surface area contributed by atoms with Gasteiger partial charge in [-0.3, -0.25) is 4.79 Å². The molecule has 0 aliphatic carbocycles. The van der Waals surface area contributed by atoms with Crippen LogP contribution in [0.25, 0.3) is 0 Å². The lowest BCUT2D eigenvalue weighted by molar-refractivity contribution is -0.138. The van der Waals surface area contributed by atoms with E-state index in [4.69, 9.17) is 22.4 Å². The molecule has 2 unspecified atom stereocenters. The number of halogens is 2. The molecule has 0 bridgehead atoms. The zero-order valence-corrected chi connectivity index (χ0v) is 5.31. The van der Waals surface area contributed by atoms with Crippen LogP contribution in [0.3, 0.4) is 0 Å². The molecule has 0 aromatic heterocycles. The maximum absolute atomic E-state index is 11.7. The van der Waals surface area contributed by atoms with Crippen LogP contribution in [0.2, 0.25) is 0 Å². The summed E-state index contributed by atoms with van der Waals surface area (Å²) in [6.45, 7) is 0. The smallest absolute Gasteiger partial charge is 0.320 e. The van der Waals surface area contributed by atoms with Crippen LogP contribution < -0.4 is 5.73 Å². The Morgan fingerprint density at radius 3 is 2.44 bits per heavy atom. The molecule has 0 fully saturated rings. The maximum Gasteiger partial charge on any atom is 0.320 e. The van der Waals surface area contributed by atoms with Crippen LogP contribution in [-0.4, -0.2) is 22.7 Å². The fourth-order valence-electron chi connectivity index (χ4n) is 0.293. The quantitative estimate of drug-likeness (QED) is 0.577. The monoisotopic (exact) mass is 155 g/mol. The van der Waals surface area contributed by atoms with Gasteiger partial charge in [0.15, 0.2) is 5.63 Å². The molecule has 3 nitrogen and oxygen atoms in total. The number of rotatable bonds is 3. The van der Waals surface area contributed by atoms with Crippen LogP contribution in [0, 0.1) is 0 Å². The average Bonchev–Trinajstić information content (AvgIpc) is 1.63. The van der Waals surface area contributed by atoms with Gasteiger partial charge in [0, 0.05) is 6.42 Å². The highest BCUT2D eigenvalue weighted by atomic mass is 35.5. The van der Waals surface area contributed by atoms with Gasteiger partial charge in [-0.1, -0.05) is 11.6 Å². The van der Waals surface area contributed by atoms with E-state index in [1.165, 1.54) is 0 Å². The van der Waals surface area contributed by atoms with E-state index in [0.29, 0.717) is 0 Å².